The Morgan fingerprint density at radius 1 is 1.02 bits per heavy atom. The van der Waals surface area contributed by atoms with Crippen molar-refractivity contribution >= 4 is 31.5 Å². The lowest BCUT2D eigenvalue weighted by Crippen LogP contribution is -2.60. The fourth-order valence-electron chi connectivity index (χ4n) is 8.73. The summed E-state index contributed by atoms with van der Waals surface area (Å²) >= 11 is 0. The third-order valence-electron chi connectivity index (χ3n) is 11.5. The first-order chi connectivity index (χ1) is 27.2. The Morgan fingerprint density at radius 2 is 1.77 bits per heavy atom. The van der Waals surface area contributed by atoms with Crippen molar-refractivity contribution in [1.82, 2.24) is 15.0 Å². The van der Waals surface area contributed by atoms with Gasteiger partial charge in [0.15, 0.2) is 26.3 Å². The Hall–Kier alpha value is -4.56. The molecule has 2 amide bonds. The molecular weight excluding hydrogens is 755 g/mol. The van der Waals surface area contributed by atoms with E-state index in [-0.39, 0.29) is 30.5 Å². The Balaban J connectivity index is 1.14. The van der Waals surface area contributed by atoms with Crippen molar-refractivity contribution in [3.05, 3.63) is 101 Å². The average Bonchev–Trinajstić information content (AvgIpc) is 3.85. The molecule has 1 aromatic heterocycles. The Labute approximate surface area is 330 Å². The molecule has 2 saturated heterocycles. The van der Waals surface area contributed by atoms with E-state index in [0.717, 1.165) is 5.56 Å². The van der Waals surface area contributed by atoms with Crippen LogP contribution in [-0.4, -0.2) is 116 Å². The molecule has 3 aromatic carbocycles. The van der Waals surface area contributed by atoms with E-state index in [4.69, 9.17) is 14.2 Å². The molecular formula is C40H49N5O11Si. The van der Waals surface area contributed by atoms with Crippen molar-refractivity contribution in [2.24, 2.45) is 5.92 Å². The van der Waals surface area contributed by atoms with E-state index in [0.29, 0.717) is 46.9 Å². The maximum absolute atomic E-state index is 15.0. The summed E-state index contributed by atoms with van der Waals surface area (Å²) in [4.78, 5) is 41.5. The summed E-state index contributed by atoms with van der Waals surface area (Å²) in [7, 11) is -1.44. The minimum atomic E-state index is -2.99. The highest BCUT2D eigenvalue weighted by Crippen LogP contribution is 2.60. The van der Waals surface area contributed by atoms with Crippen LogP contribution in [0, 0.1) is 5.92 Å². The minimum Gasteiger partial charge on any atom is -0.497 e. The van der Waals surface area contributed by atoms with Gasteiger partial charge in [0.2, 0.25) is 0 Å². The largest absolute Gasteiger partial charge is 0.497 e. The van der Waals surface area contributed by atoms with Gasteiger partial charge >= 0.3 is 0 Å². The average molecular weight is 804 g/mol. The number of rotatable bonds is 12. The highest BCUT2D eigenvalue weighted by atomic mass is 28.4. The number of fused-ring (bicyclic) bond motifs is 2. The number of hydrogen-bond donors (Lipinski definition) is 7. The third-order valence-corrected chi connectivity index (χ3v) is 14.0. The van der Waals surface area contributed by atoms with E-state index in [1.54, 1.807) is 59.3 Å². The SMILES string of the molecule is COc1ccc2c(c1)[C@@]1(O[C@H](CCn3cc(C(CO)c4ccccc4)nn3)[C@@H]([Si](C)(C)O)[C@@H]1C)C(=O)N2Cc1cccc(NC(=O)[C@H]2O[C@@H](O)[C@H](O)[C@@H](O)[C@@H]2O)c1. The van der Waals surface area contributed by atoms with Crippen molar-refractivity contribution in [3.8, 4) is 5.75 Å². The molecule has 4 aromatic rings. The molecule has 17 heteroatoms. The fraction of sp³-hybridized carbons (Fsp3) is 0.450. The van der Waals surface area contributed by atoms with Crippen LogP contribution in [0.1, 0.15) is 41.6 Å². The number of ether oxygens (including phenoxy) is 3. The first-order valence-corrected chi connectivity index (χ1v) is 21.9. The summed E-state index contributed by atoms with van der Waals surface area (Å²) < 4.78 is 19.4. The second kappa shape index (κ2) is 16.0. The number of carbonyl (C=O) groups is 2. The Kier molecular flexibility index (Phi) is 11.4. The van der Waals surface area contributed by atoms with Crippen molar-refractivity contribution in [2.45, 2.75) is 93.4 Å². The van der Waals surface area contributed by atoms with Crippen molar-refractivity contribution in [3.63, 3.8) is 0 Å². The number of aliphatic hydroxyl groups is 5. The number of carbonyl (C=O) groups excluding carboxylic acids is 2. The van der Waals surface area contributed by atoms with Crippen molar-refractivity contribution in [1.29, 1.82) is 0 Å². The van der Waals surface area contributed by atoms with Gasteiger partial charge in [-0.2, -0.15) is 0 Å². The molecule has 10 atom stereocenters. The lowest BCUT2D eigenvalue weighted by atomic mass is 9.82. The molecule has 16 nitrogen and oxygen atoms in total. The van der Waals surface area contributed by atoms with Gasteiger partial charge in [0, 0.05) is 35.5 Å². The molecule has 0 aliphatic carbocycles. The van der Waals surface area contributed by atoms with Crippen LogP contribution in [0.25, 0.3) is 0 Å². The Bertz CT molecular complexity index is 2080. The highest BCUT2D eigenvalue weighted by Gasteiger charge is 2.66. The smallest absolute Gasteiger partial charge is 0.264 e. The third kappa shape index (κ3) is 7.50. The summed E-state index contributed by atoms with van der Waals surface area (Å²) in [5.74, 6) is -1.42. The summed E-state index contributed by atoms with van der Waals surface area (Å²) in [6, 6.07) is 21.7. The Morgan fingerprint density at radius 3 is 2.47 bits per heavy atom. The molecule has 7 N–H and O–H groups in total. The number of anilines is 2. The zero-order valence-electron chi connectivity index (χ0n) is 32.0. The van der Waals surface area contributed by atoms with E-state index >= 15 is 0 Å². The van der Waals surface area contributed by atoms with Crippen LogP contribution in [0.3, 0.4) is 0 Å². The summed E-state index contributed by atoms with van der Waals surface area (Å²) in [5, 5.41) is 61.6. The van der Waals surface area contributed by atoms with E-state index in [1.165, 1.54) is 0 Å². The topological polar surface area (TPSA) is 229 Å². The molecule has 1 unspecified atom stereocenters. The lowest BCUT2D eigenvalue weighted by molar-refractivity contribution is -0.274. The van der Waals surface area contributed by atoms with E-state index in [2.05, 4.69) is 15.6 Å². The standard InChI is InChI=1S/C40H49N5O11Si/c1-22-36(57(3,4)53)31(15-16-44-20-29(42-43-44)27(21-46)24-10-6-5-7-11-24)56-40(22)28-18-26(54-2)13-14-30(28)45(39(40)52)19-23-9-8-12-25(17-23)41-37(50)35-33(48)32(47)34(49)38(51)55-35/h5-14,17-18,20,22,27,31-36,38,46-49,51,53H,15-16,19,21H2,1-4H3,(H,41,50)/t22-,27?,31+,32-,33-,34+,35-,36-,38+,40+/m0/s1. The molecule has 3 aliphatic rings. The maximum Gasteiger partial charge on any atom is 0.264 e. The van der Waals surface area contributed by atoms with Crippen LogP contribution < -0.4 is 15.0 Å². The molecule has 0 bridgehead atoms. The predicted molar refractivity (Wildman–Crippen MR) is 207 cm³/mol. The quantitative estimate of drug-likeness (QED) is 0.101. The summed E-state index contributed by atoms with van der Waals surface area (Å²) in [6.07, 6.45) is -7.23. The van der Waals surface area contributed by atoms with Crippen LogP contribution in [0.4, 0.5) is 11.4 Å². The molecule has 2 fully saturated rings. The van der Waals surface area contributed by atoms with Gasteiger partial charge in [-0.3, -0.25) is 14.3 Å². The lowest BCUT2D eigenvalue weighted by Gasteiger charge is -2.37. The van der Waals surface area contributed by atoms with Crippen LogP contribution in [0.5, 0.6) is 5.75 Å². The molecule has 1 spiro atoms. The zero-order valence-corrected chi connectivity index (χ0v) is 33.0. The zero-order chi connectivity index (χ0) is 40.8. The second-order valence-electron chi connectivity index (χ2n) is 15.6. The van der Waals surface area contributed by atoms with Gasteiger partial charge in [0.25, 0.3) is 11.8 Å². The number of hydrogen-bond acceptors (Lipinski definition) is 13. The van der Waals surface area contributed by atoms with E-state index in [1.807, 2.05) is 56.4 Å². The van der Waals surface area contributed by atoms with Gasteiger partial charge in [-0.1, -0.05) is 54.6 Å². The number of nitrogens with one attached hydrogen (secondary N) is 1. The van der Waals surface area contributed by atoms with E-state index in [9.17, 15) is 39.9 Å². The molecule has 57 heavy (non-hydrogen) atoms. The van der Waals surface area contributed by atoms with E-state index < -0.39 is 62.6 Å². The first kappa shape index (κ1) is 40.6. The highest BCUT2D eigenvalue weighted by molar-refractivity contribution is 6.71. The van der Waals surface area contributed by atoms with Gasteiger partial charge in [-0.05, 0) is 61.0 Å². The predicted octanol–water partition coefficient (Wildman–Crippen LogP) is 1.58. The molecule has 304 valence electrons. The van der Waals surface area contributed by atoms with Crippen LogP contribution in [-0.2, 0) is 37.8 Å². The first-order valence-electron chi connectivity index (χ1n) is 18.9. The molecule has 0 radical (unpaired) electrons. The van der Waals surface area contributed by atoms with Crippen molar-refractivity contribution in [2.75, 3.05) is 23.9 Å². The number of aliphatic hydroxyl groups excluding tert-OH is 5. The second-order valence-corrected chi connectivity index (χ2v) is 19.6. The van der Waals surface area contributed by atoms with Gasteiger partial charge in [0.05, 0.1) is 43.7 Å². The number of amides is 2. The molecule has 0 saturated carbocycles. The number of aryl methyl sites for hydroxylation is 1. The summed E-state index contributed by atoms with van der Waals surface area (Å²) in [5.41, 5.74) is 1.89. The van der Waals surface area contributed by atoms with Crippen LogP contribution in [0.15, 0.2) is 79.0 Å². The van der Waals surface area contributed by atoms with Gasteiger partial charge in [-0.15, -0.1) is 5.10 Å². The number of methoxy groups -OCH3 is 1. The van der Waals surface area contributed by atoms with Gasteiger partial charge in [-0.25, -0.2) is 0 Å². The number of nitrogens with zero attached hydrogens (tertiary/aromatic N) is 4. The van der Waals surface area contributed by atoms with Gasteiger partial charge in [0.1, 0.15) is 24.1 Å². The minimum absolute atomic E-state index is 0.0797. The molecule has 7 rings (SSSR count). The summed E-state index contributed by atoms with van der Waals surface area (Å²) in [6.45, 7) is 5.99. The molecule has 3 aliphatic heterocycles. The van der Waals surface area contributed by atoms with Gasteiger partial charge < -0.3 is 54.8 Å². The molecule has 4 heterocycles. The van der Waals surface area contributed by atoms with Crippen molar-refractivity contribution < 1.29 is 54.1 Å². The fourth-order valence-corrected chi connectivity index (χ4v) is 11.3. The van der Waals surface area contributed by atoms with Crippen LogP contribution in [0.2, 0.25) is 18.6 Å². The monoisotopic (exact) mass is 803 g/mol. The number of benzene rings is 3. The van der Waals surface area contributed by atoms with Crippen LogP contribution >= 0.6 is 0 Å². The maximum atomic E-state index is 15.0. The number of aromatic nitrogens is 3. The normalized spacial score (nSPS) is 29.1.